The van der Waals surface area contributed by atoms with Crippen molar-refractivity contribution in [2.75, 3.05) is 25.4 Å². The summed E-state index contributed by atoms with van der Waals surface area (Å²) in [6.07, 6.45) is 1.53. The van der Waals surface area contributed by atoms with Gasteiger partial charge in [0.25, 0.3) is 0 Å². The van der Waals surface area contributed by atoms with Crippen molar-refractivity contribution in [3.05, 3.63) is 0 Å². The molecule has 6 heteroatoms. The van der Waals surface area contributed by atoms with Crippen LogP contribution in [-0.4, -0.2) is 44.0 Å². The van der Waals surface area contributed by atoms with E-state index in [1.165, 1.54) is 4.31 Å². The van der Waals surface area contributed by atoms with Crippen LogP contribution in [0, 0.1) is 11.3 Å². The first-order chi connectivity index (χ1) is 8.65. The van der Waals surface area contributed by atoms with Crippen LogP contribution in [0.1, 0.15) is 40.5 Å². The van der Waals surface area contributed by atoms with Crippen molar-refractivity contribution < 1.29 is 13.2 Å². The molecular formula is C13H26N2O3S. The van der Waals surface area contributed by atoms with E-state index in [-0.39, 0.29) is 23.0 Å². The number of hydrogen-bond donors (Lipinski definition) is 1. The molecule has 5 nitrogen and oxygen atoms in total. The number of rotatable bonds is 4. The molecule has 1 amide bonds. The largest absolute Gasteiger partial charge is 0.355 e. The van der Waals surface area contributed by atoms with Crippen molar-refractivity contribution in [2.24, 2.45) is 11.3 Å². The predicted molar refractivity (Wildman–Crippen MR) is 76.2 cm³/mol. The van der Waals surface area contributed by atoms with Crippen LogP contribution in [0.2, 0.25) is 0 Å². The second-order valence-corrected chi connectivity index (χ2v) is 8.63. The zero-order valence-electron chi connectivity index (χ0n) is 12.4. The maximum Gasteiger partial charge on any atom is 0.224 e. The van der Waals surface area contributed by atoms with Gasteiger partial charge in [-0.15, -0.1) is 0 Å². The number of nitrogens with one attached hydrogen (secondary N) is 1. The lowest BCUT2D eigenvalue weighted by Gasteiger charge is -2.31. The number of sulfonamides is 1. The fraction of sp³-hybridized carbons (Fsp3) is 0.923. The molecule has 1 atom stereocenters. The highest BCUT2D eigenvalue weighted by Gasteiger charge is 2.31. The highest BCUT2D eigenvalue weighted by molar-refractivity contribution is 7.89. The fourth-order valence-corrected chi connectivity index (χ4v) is 3.27. The number of nitrogens with zero attached hydrogens (tertiary/aromatic N) is 1. The van der Waals surface area contributed by atoms with Crippen LogP contribution in [0.15, 0.2) is 0 Å². The molecule has 0 radical (unpaired) electrons. The van der Waals surface area contributed by atoms with Crippen LogP contribution < -0.4 is 5.32 Å². The highest BCUT2D eigenvalue weighted by atomic mass is 32.2. The van der Waals surface area contributed by atoms with Crippen LogP contribution in [0.25, 0.3) is 0 Å². The van der Waals surface area contributed by atoms with Crippen LogP contribution in [-0.2, 0) is 14.8 Å². The second-order valence-electron chi connectivity index (χ2n) is 6.38. The first-order valence-corrected chi connectivity index (χ1v) is 8.52. The molecule has 1 aliphatic rings. The Balaban J connectivity index is 2.58. The quantitative estimate of drug-likeness (QED) is 0.846. The molecule has 1 unspecified atom stereocenters. The van der Waals surface area contributed by atoms with Gasteiger partial charge < -0.3 is 5.32 Å². The minimum Gasteiger partial charge on any atom is -0.355 e. The van der Waals surface area contributed by atoms with Crippen LogP contribution >= 0.6 is 0 Å². The molecule has 0 spiro atoms. The Kier molecular flexibility index (Phi) is 5.38. The number of amides is 1. The van der Waals surface area contributed by atoms with E-state index in [1.807, 2.05) is 0 Å². The summed E-state index contributed by atoms with van der Waals surface area (Å²) in [4.78, 5) is 12.1. The Morgan fingerprint density at radius 2 is 2.00 bits per heavy atom. The summed E-state index contributed by atoms with van der Waals surface area (Å²) in [5.41, 5.74) is 0.0412. The van der Waals surface area contributed by atoms with E-state index >= 15 is 0 Å². The standard InChI is InChI=1S/C13H26N2O3S/c1-5-19(17,18)15-8-6-7-11(9-15)12(16)14-10-13(2,3)4/h11H,5-10H2,1-4H3,(H,14,16). The van der Waals surface area contributed by atoms with Gasteiger partial charge in [0.15, 0.2) is 0 Å². The fourth-order valence-electron chi connectivity index (χ4n) is 2.09. The van der Waals surface area contributed by atoms with Gasteiger partial charge in [-0.1, -0.05) is 20.8 Å². The van der Waals surface area contributed by atoms with Gasteiger partial charge in [0.05, 0.1) is 11.7 Å². The van der Waals surface area contributed by atoms with Crippen LogP contribution in [0.5, 0.6) is 0 Å². The van der Waals surface area contributed by atoms with Gasteiger partial charge in [-0.05, 0) is 25.2 Å². The molecule has 1 aliphatic heterocycles. The van der Waals surface area contributed by atoms with E-state index in [0.29, 0.717) is 19.6 Å². The van der Waals surface area contributed by atoms with E-state index in [0.717, 1.165) is 12.8 Å². The summed E-state index contributed by atoms with van der Waals surface area (Å²) in [5, 5.41) is 2.92. The van der Waals surface area contributed by atoms with E-state index < -0.39 is 10.0 Å². The smallest absolute Gasteiger partial charge is 0.224 e. The zero-order chi connectivity index (χ0) is 14.7. The van der Waals surface area contributed by atoms with Gasteiger partial charge in [-0.25, -0.2) is 12.7 Å². The van der Waals surface area contributed by atoms with Gasteiger partial charge in [0.1, 0.15) is 0 Å². The van der Waals surface area contributed by atoms with E-state index in [2.05, 4.69) is 26.1 Å². The molecule has 112 valence electrons. The Hall–Kier alpha value is -0.620. The molecule has 1 heterocycles. The van der Waals surface area contributed by atoms with Gasteiger partial charge in [0, 0.05) is 19.6 Å². The molecule has 1 N–H and O–H groups in total. The average Bonchev–Trinajstić information content (AvgIpc) is 2.35. The Bertz CT molecular complexity index is 412. The molecule has 0 aromatic heterocycles. The monoisotopic (exact) mass is 290 g/mol. The Morgan fingerprint density at radius 1 is 1.37 bits per heavy atom. The minimum atomic E-state index is -3.18. The number of carbonyl (C=O) groups excluding carboxylic acids is 1. The van der Waals surface area contributed by atoms with Crippen molar-refractivity contribution in [3.8, 4) is 0 Å². The molecule has 0 aromatic rings. The van der Waals surface area contributed by atoms with Crippen LogP contribution in [0.4, 0.5) is 0 Å². The summed E-state index contributed by atoms with van der Waals surface area (Å²) in [7, 11) is -3.18. The topological polar surface area (TPSA) is 66.5 Å². The Labute approximate surface area is 116 Å². The second kappa shape index (κ2) is 6.22. The number of hydrogen-bond acceptors (Lipinski definition) is 3. The molecular weight excluding hydrogens is 264 g/mol. The first kappa shape index (κ1) is 16.4. The molecule has 0 aromatic carbocycles. The number of piperidine rings is 1. The summed E-state index contributed by atoms with van der Waals surface area (Å²) < 4.78 is 25.1. The highest BCUT2D eigenvalue weighted by Crippen LogP contribution is 2.20. The van der Waals surface area contributed by atoms with Crippen molar-refractivity contribution in [2.45, 2.75) is 40.5 Å². The lowest BCUT2D eigenvalue weighted by molar-refractivity contribution is -0.126. The summed E-state index contributed by atoms with van der Waals surface area (Å²) in [6, 6.07) is 0. The third-order valence-electron chi connectivity index (χ3n) is 3.31. The lowest BCUT2D eigenvalue weighted by Crippen LogP contribution is -2.46. The molecule has 0 bridgehead atoms. The Morgan fingerprint density at radius 3 is 2.53 bits per heavy atom. The minimum absolute atomic E-state index is 0.0223. The average molecular weight is 290 g/mol. The van der Waals surface area contributed by atoms with Gasteiger partial charge in [-0.2, -0.15) is 0 Å². The third kappa shape index (κ3) is 5.10. The molecule has 0 saturated carbocycles. The predicted octanol–water partition coefficient (Wildman–Crippen LogP) is 1.21. The number of carbonyl (C=O) groups is 1. The van der Waals surface area contributed by atoms with Crippen molar-refractivity contribution >= 4 is 15.9 Å². The lowest BCUT2D eigenvalue weighted by atomic mass is 9.95. The first-order valence-electron chi connectivity index (χ1n) is 6.91. The van der Waals surface area contributed by atoms with E-state index in [9.17, 15) is 13.2 Å². The summed E-state index contributed by atoms with van der Waals surface area (Å²) in [6.45, 7) is 9.29. The molecule has 1 rings (SSSR count). The van der Waals surface area contributed by atoms with Crippen molar-refractivity contribution in [1.82, 2.24) is 9.62 Å². The van der Waals surface area contributed by atoms with Gasteiger partial charge in [0.2, 0.25) is 15.9 Å². The van der Waals surface area contributed by atoms with Crippen molar-refractivity contribution in [1.29, 1.82) is 0 Å². The summed E-state index contributed by atoms with van der Waals surface area (Å²) in [5.74, 6) is -0.132. The maximum absolute atomic E-state index is 12.1. The third-order valence-corrected chi connectivity index (χ3v) is 5.15. The van der Waals surface area contributed by atoms with E-state index in [4.69, 9.17) is 0 Å². The SMILES string of the molecule is CCS(=O)(=O)N1CCCC(C(=O)NCC(C)(C)C)C1. The maximum atomic E-state index is 12.1. The van der Waals surface area contributed by atoms with Crippen LogP contribution in [0.3, 0.4) is 0 Å². The zero-order valence-corrected chi connectivity index (χ0v) is 13.2. The van der Waals surface area contributed by atoms with Gasteiger partial charge in [-0.3, -0.25) is 4.79 Å². The van der Waals surface area contributed by atoms with E-state index in [1.54, 1.807) is 6.92 Å². The molecule has 1 saturated heterocycles. The normalized spacial score (nSPS) is 22.2. The van der Waals surface area contributed by atoms with Crippen molar-refractivity contribution in [3.63, 3.8) is 0 Å². The molecule has 19 heavy (non-hydrogen) atoms. The van der Waals surface area contributed by atoms with Gasteiger partial charge >= 0.3 is 0 Å². The molecule has 0 aliphatic carbocycles. The summed E-state index contributed by atoms with van der Waals surface area (Å²) >= 11 is 0. The molecule has 1 fully saturated rings.